The van der Waals surface area contributed by atoms with Crippen molar-refractivity contribution >= 4 is 10.0 Å². The Morgan fingerprint density at radius 3 is 2.69 bits per heavy atom. The number of rotatable bonds is 6. The molecule has 1 aliphatic rings. The minimum Gasteiger partial charge on any atom is -0.299 e. The van der Waals surface area contributed by atoms with Crippen LogP contribution in [0.4, 0.5) is 4.39 Å². The number of hydrogen-bond acceptors (Lipinski definition) is 3. The van der Waals surface area contributed by atoms with E-state index in [4.69, 9.17) is 0 Å². The van der Waals surface area contributed by atoms with Gasteiger partial charge in [-0.15, -0.1) is 0 Å². The topological polar surface area (TPSA) is 49.4 Å². The van der Waals surface area contributed by atoms with E-state index in [1.165, 1.54) is 23.8 Å². The summed E-state index contributed by atoms with van der Waals surface area (Å²) >= 11 is 0. The maximum absolute atomic E-state index is 13.2. The molecule has 6 heteroatoms. The van der Waals surface area contributed by atoms with Gasteiger partial charge >= 0.3 is 0 Å². The second kappa shape index (κ2) is 8.29. The maximum Gasteiger partial charge on any atom is 0.240 e. The van der Waals surface area contributed by atoms with Gasteiger partial charge in [0, 0.05) is 19.6 Å². The normalized spacial score (nSPS) is 18.8. The fourth-order valence-electron chi connectivity index (χ4n) is 3.52. The molecule has 0 aromatic heterocycles. The van der Waals surface area contributed by atoms with Crippen LogP contribution in [0.5, 0.6) is 0 Å². The molecule has 2 aromatic carbocycles. The van der Waals surface area contributed by atoms with E-state index in [1.54, 1.807) is 6.92 Å². The molecule has 3 rings (SSSR count). The van der Waals surface area contributed by atoms with E-state index in [2.05, 4.69) is 21.8 Å². The second-order valence-corrected chi connectivity index (χ2v) is 8.73. The molecule has 2 aromatic rings. The molecule has 0 saturated carbocycles. The van der Waals surface area contributed by atoms with Crippen LogP contribution in [-0.2, 0) is 16.6 Å². The van der Waals surface area contributed by atoms with E-state index in [9.17, 15) is 12.8 Å². The zero-order valence-electron chi connectivity index (χ0n) is 15.0. The van der Waals surface area contributed by atoms with Crippen LogP contribution in [0.3, 0.4) is 0 Å². The molecule has 26 heavy (non-hydrogen) atoms. The molecule has 1 saturated heterocycles. The molecule has 0 bridgehead atoms. The Morgan fingerprint density at radius 1 is 1.19 bits per heavy atom. The highest BCUT2D eigenvalue weighted by atomic mass is 32.2. The lowest BCUT2D eigenvalue weighted by atomic mass is 9.98. The van der Waals surface area contributed by atoms with Gasteiger partial charge in [-0.2, -0.15) is 0 Å². The summed E-state index contributed by atoms with van der Waals surface area (Å²) in [5, 5.41) is 0. The van der Waals surface area contributed by atoms with E-state index in [-0.39, 0.29) is 10.8 Å². The summed E-state index contributed by atoms with van der Waals surface area (Å²) in [6, 6.07) is 14.1. The zero-order valence-corrected chi connectivity index (χ0v) is 15.8. The third-order valence-corrected chi connectivity index (χ3v) is 6.42. The fraction of sp³-hybridized carbons (Fsp3) is 0.400. The number of nitrogens with one attached hydrogen (secondary N) is 1. The number of sulfonamides is 1. The summed E-state index contributed by atoms with van der Waals surface area (Å²) in [6.45, 7) is 4.82. The van der Waals surface area contributed by atoms with Crippen molar-refractivity contribution in [2.45, 2.75) is 31.2 Å². The van der Waals surface area contributed by atoms with Crippen molar-refractivity contribution < 1.29 is 12.8 Å². The first-order valence-electron chi connectivity index (χ1n) is 8.96. The van der Waals surface area contributed by atoms with Gasteiger partial charge in [0.2, 0.25) is 10.0 Å². The summed E-state index contributed by atoms with van der Waals surface area (Å²) < 4.78 is 41.0. The predicted octanol–water partition coefficient (Wildman–Crippen LogP) is 3.32. The van der Waals surface area contributed by atoms with Gasteiger partial charge in [-0.05, 0) is 61.6 Å². The number of nitrogens with zero attached hydrogens (tertiary/aromatic N) is 1. The minimum atomic E-state index is -3.62. The van der Waals surface area contributed by atoms with Crippen molar-refractivity contribution in [3.05, 3.63) is 65.5 Å². The Bertz CT molecular complexity index is 840. The zero-order chi connectivity index (χ0) is 18.6. The Hall–Kier alpha value is -1.76. The lowest BCUT2D eigenvalue weighted by Crippen LogP contribution is -2.40. The maximum atomic E-state index is 13.2. The van der Waals surface area contributed by atoms with Crippen molar-refractivity contribution in [2.75, 3.05) is 19.6 Å². The van der Waals surface area contributed by atoms with Crippen LogP contribution in [0.25, 0.3) is 0 Å². The van der Waals surface area contributed by atoms with Gasteiger partial charge in [0.1, 0.15) is 5.82 Å². The minimum absolute atomic E-state index is 0.149. The van der Waals surface area contributed by atoms with Crippen LogP contribution >= 0.6 is 0 Å². The van der Waals surface area contributed by atoms with E-state index in [0.717, 1.165) is 32.5 Å². The molecule has 0 aliphatic carbocycles. The van der Waals surface area contributed by atoms with Gasteiger partial charge < -0.3 is 0 Å². The smallest absolute Gasteiger partial charge is 0.240 e. The van der Waals surface area contributed by atoms with Crippen molar-refractivity contribution in [1.29, 1.82) is 0 Å². The summed E-state index contributed by atoms with van der Waals surface area (Å²) in [5.41, 5.74) is 1.70. The first kappa shape index (κ1) is 19.0. The molecule has 0 spiro atoms. The molecule has 140 valence electrons. The summed E-state index contributed by atoms with van der Waals surface area (Å²) in [7, 11) is -3.62. The van der Waals surface area contributed by atoms with Crippen LogP contribution in [0.1, 0.15) is 24.0 Å². The van der Waals surface area contributed by atoms with Gasteiger partial charge in [0.05, 0.1) is 4.90 Å². The van der Waals surface area contributed by atoms with Crippen molar-refractivity contribution in [2.24, 2.45) is 5.92 Å². The first-order valence-corrected chi connectivity index (χ1v) is 10.4. The van der Waals surface area contributed by atoms with Crippen LogP contribution in [0, 0.1) is 18.7 Å². The van der Waals surface area contributed by atoms with Crippen LogP contribution in [0.2, 0.25) is 0 Å². The molecule has 1 N–H and O–H groups in total. The molecular formula is C20H25FN2O2S. The molecule has 1 fully saturated rings. The monoisotopic (exact) mass is 376 g/mol. The van der Waals surface area contributed by atoms with Crippen LogP contribution < -0.4 is 4.72 Å². The van der Waals surface area contributed by atoms with E-state index < -0.39 is 15.8 Å². The summed E-state index contributed by atoms with van der Waals surface area (Å²) in [4.78, 5) is 2.52. The third-order valence-electron chi connectivity index (χ3n) is 4.84. The number of benzene rings is 2. The Balaban J connectivity index is 1.58. The largest absolute Gasteiger partial charge is 0.299 e. The Morgan fingerprint density at radius 2 is 1.96 bits per heavy atom. The fourth-order valence-corrected chi connectivity index (χ4v) is 4.86. The second-order valence-electron chi connectivity index (χ2n) is 6.99. The SMILES string of the molecule is Cc1cc(F)ccc1S(=O)(=O)NCC1CCCN(Cc2ccccc2)C1. The van der Waals surface area contributed by atoms with Crippen LogP contribution in [-0.4, -0.2) is 33.0 Å². The number of hydrogen-bond donors (Lipinski definition) is 1. The molecule has 4 nitrogen and oxygen atoms in total. The number of piperidine rings is 1. The van der Waals surface area contributed by atoms with Crippen molar-refractivity contribution in [3.8, 4) is 0 Å². The summed E-state index contributed by atoms with van der Waals surface area (Å²) in [5.74, 6) is -0.145. The average molecular weight is 376 g/mol. The van der Waals surface area contributed by atoms with Crippen molar-refractivity contribution in [3.63, 3.8) is 0 Å². The van der Waals surface area contributed by atoms with Crippen molar-refractivity contribution in [1.82, 2.24) is 9.62 Å². The molecule has 1 heterocycles. The standard InChI is InChI=1S/C20H25FN2O2S/c1-16-12-19(21)9-10-20(16)26(24,25)22-13-18-8-5-11-23(15-18)14-17-6-3-2-4-7-17/h2-4,6-7,9-10,12,18,22H,5,8,11,13-15H2,1H3. The highest BCUT2D eigenvalue weighted by Gasteiger charge is 2.23. The highest BCUT2D eigenvalue weighted by Crippen LogP contribution is 2.20. The number of halogens is 1. The molecule has 1 unspecified atom stereocenters. The van der Waals surface area contributed by atoms with Gasteiger partial charge in [-0.25, -0.2) is 17.5 Å². The third kappa shape index (κ3) is 4.90. The van der Waals surface area contributed by atoms with E-state index >= 15 is 0 Å². The molecular weight excluding hydrogens is 351 g/mol. The van der Waals surface area contributed by atoms with Gasteiger partial charge in [0.15, 0.2) is 0 Å². The quantitative estimate of drug-likeness (QED) is 0.841. The van der Waals surface area contributed by atoms with Crippen LogP contribution in [0.15, 0.2) is 53.4 Å². The lowest BCUT2D eigenvalue weighted by molar-refractivity contribution is 0.169. The van der Waals surface area contributed by atoms with Gasteiger partial charge in [-0.1, -0.05) is 30.3 Å². The van der Waals surface area contributed by atoms with E-state index in [0.29, 0.717) is 12.1 Å². The highest BCUT2D eigenvalue weighted by molar-refractivity contribution is 7.89. The first-order chi connectivity index (χ1) is 12.4. The predicted molar refractivity (Wildman–Crippen MR) is 101 cm³/mol. The molecule has 0 amide bonds. The molecule has 1 aliphatic heterocycles. The lowest BCUT2D eigenvalue weighted by Gasteiger charge is -2.32. The molecule has 1 atom stereocenters. The Labute approximate surface area is 155 Å². The number of aryl methyl sites for hydroxylation is 1. The average Bonchev–Trinajstić information content (AvgIpc) is 2.61. The number of likely N-dealkylation sites (tertiary alicyclic amines) is 1. The van der Waals surface area contributed by atoms with E-state index in [1.807, 2.05) is 18.2 Å². The summed E-state index contributed by atoms with van der Waals surface area (Å²) in [6.07, 6.45) is 2.07. The Kier molecular flexibility index (Phi) is 6.06. The van der Waals surface area contributed by atoms with Gasteiger partial charge in [-0.3, -0.25) is 4.90 Å². The van der Waals surface area contributed by atoms with Gasteiger partial charge in [0.25, 0.3) is 0 Å². The molecule has 0 radical (unpaired) electrons.